The standard InChI is InChI=1S/C13H19FO2/c1-9-6-12(16-8-15-5)10(7-11(9)14)13(2,3)4/h6-7H,8H2,1-5H3. The first kappa shape index (κ1) is 13.0. The Hall–Kier alpha value is -1.09. The summed E-state index contributed by atoms with van der Waals surface area (Å²) in [6.45, 7) is 7.97. The average Bonchev–Trinajstić information content (AvgIpc) is 2.17. The van der Waals surface area contributed by atoms with E-state index in [2.05, 4.69) is 0 Å². The Morgan fingerprint density at radius 2 is 1.88 bits per heavy atom. The van der Waals surface area contributed by atoms with Gasteiger partial charge in [0.25, 0.3) is 0 Å². The van der Waals surface area contributed by atoms with Crippen molar-refractivity contribution in [1.82, 2.24) is 0 Å². The molecule has 0 unspecified atom stereocenters. The van der Waals surface area contributed by atoms with Gasteiger partial charge in [-0.25, -0.2) is 4.39 Å². The van der Waals surface area contributed by atoms with Gasteiger partial charge in [0, 0.05) is 12.7 Å². The molecule has 0 aromatic heterocycles. The number of hydrogen-bond donors (Lipinski definition) is 0. The van der Waals surface area contributed by atoms with Crippen LogP contribution in [0.25, 0.3) is 0 Å². The molecule has 3 heteroatoms. The highest BCUT2D eigenvalue weighted by Crippen LogP contribution is 2.33. The lowest BCUT2D eigenvalue weighted by Crippen LogP contribution is -2.15. The van der Waals surface area contributed by atoms with E-state index in [4.69, 9.17) is 9.47 Å². The predicted octanol–water partition coefficient (Wildman–Crippen LogP) is 3.41. The third-order valence-corrected chi connectivity index (χ3v) is 2.40. The molecule has 0 bridgehead atoms. The third kappa shape index (κ3) is 2.95. The second-order valence-electron chi connectivity index (χ2n) is 4.90. The highest BCUT2D eigenvalue weighted by molar-refractivity contribution is 5.42. The smallest absolute Gasteiger partial charge is 0.188 e. The van der Waals surface area contributed by atoms with E-state index in [0.717, 1.165) is 5.56 Å². The number of rotatable bonds is 3. The van der Waals surface area contributed by atoms with Gasteiger partial charge in [0.15, 0.2) is 6.79 Å². The molecule has 0 amide bonds. The molecule has 0 aliphatic heterocycles. The zero-order chi connectivity index (χ0) is 12.3. The average molecular weight is 226 g/mol. The van der Waals surface area contributed by atoms with Crippen LogP contribution in [-0.4, -0.2) is 13.9 Å². The van der Waals surface area contributed by atoms with Crippen molar-refractivity contribution in [2.75, 3.05) is 13.9 Å². The van der Waals surface area contributed by atoms with Crippen LogP contribution in [0.1, 0.15) is 31.9 Å². The van der Waals surface area contributed by atoms with Gasteiger partial charge in [-0.15, -0.1) is 0 Å². The van der Waals surface area contributed by atoms with E-state index in [1.165, 1.54) is 0 Å². The van der Waals surface area contributed by atoms with E-state index in [1.807, 2.05) is 20.8 Å². The molecule has 90 valence electrons. The Morgan fingerprint density at radius 1 is 1.25 bits per heavy atom. The number of benzene rings is 1. The Morgan fingerprint density at radius 3 is 2.38 bits per heavy atom. The molecule has 0 spiro atoms. The summed E-state index contributed by atoms with van der Waals surface area (Å²) in [5.74, 6) is 0.489. The molecule has 2 nitrogen and oxygen atoms in total. The Bertz CT molecular complexity index is 367. The number of halogens is 1. The molecule has 1 aromatic carbocycles. The largest absolute Gasteiger partial charge is 0.467 e. The molecule has 0 aliphatic carbocycles. The van der Waals surface area contributed by atoms with Crippen LogP contribution in [0.15, 0.2) is 12.1 Å². The summed E-state index contributed by atoms with van der Waals surface area (Å²) in [4.78, 5) is 0. The molecule has 0 fully saturated rings. The number of ether oxygens (including phenoxy) is 2. The van der Waals surface area contributed by atoms with Crippen LogP contribution in [0.5, 0.6) is 5.75 Å². The molecule has 0 heterocycles. The fourth-order valence-electron chi connectivity index (χ4n) is 1.48. The Labute approximate surface area is 96.4 Å². The minimum Gasteiger partial charge on any atom is -0.467 e. The molecule has 0 saturated carbocycles. The molecule has 0 radical (unpaired) electrons. The highest BCUT2D eigenvalue weighted by atomic mass is 19.1. The molecule has 16 heavy (non-hydrogen) atoms. The first-order valence-electron chi connectivity index (χ1n) is 5.28. The Kier molecular flexibility index (Phi) is 3.92. The summed E-state index contributed by atoms with van der Waals surface area (Å²) < 4.78 is 23.9. The van der Waals surface area contributed by atoms with Crippen LogP contribution in [0, 0.1) is 12.7 Å². The molecular weight excluding hydrogens is 207 g/mol. The maximum Gasteiger partial charge on any atom is 0.188 e. The van der Waals surface area contributed by atoms with Crippen molar-refractivity contribution in [3.8, 4) is 5.75 Å². The second kappa shape index (κ2) is 4.83. The monoisotopic (exact) mass is 226 g/mol. The van der Waals surface area contributed by atoms with E-state index in [9.17, 15) is 4.39 Å². The minimum atomic E-state index is -0.199. The van der Waals surface area contributed by atoms with Gasteiger partial charge in [0.1, 0.15) is 11.6 Å². The predicted molar refractivity (Wildman–Crippen MR) is 62.3 cm³/mol. The SMILES string of the molecule is COCOc1cc(C)c(F)cc1C(C)(C)C. The van der Waals surface area contributed by atoms with Crippen LogP contribution in [0.3, 0.4) is 0 Å². The third-order valence-electron chi connectivity index (χ3n) is 2.40. The molecule has 1 rings (SSSR count). The maximum absolute atomic E-state index is 13.5. The van der Waals surface area contributed by atoms with Gasteiger partial charge in [-0.3, -0.25) is 0 Å². The number of aryl methyl sites for hydroxylation is 1. The summed E-state index contributed by atoms with van der Waals surface area (Å²) in [6.07, 6.45) is 0. The van der Waals surface area contributed by atoms with E-state index in [0.29, 0.717) is 11.3 Å². The molecule has 0 N–H and O–H groups in total. The van der Waals surface area contributed by atoms with E-state index in [1.54, 1.807) is 26.2 Å². The fourth-order valence-corrected chi connectivity index (χ4v) is 1.48. The van der Waals surface area contributed by atoms with Crippen molar-refractivity contribution >= 4 is 0 Å². The number of methoxy groups -OCH3 is 1. The van der Waals surface area contributed by atoms with Gasteiger partial charge in [-0.1, -0.05) is 20.8 Å². The first-order valence-corrected chi connectivity index (χ1v) is 5.28. The summed E-state index contributed by atoms with van der Waals surface area (Å²) in [5, 5.41) is 0. The van der Waals surface area contributed by atoms with Gasteiger partial charge in [-0.05, 0) is 30.0 Å². The zero-order valence-corrected chi connectivity index (χ0v) is 10.6. The lowest BCUT2D eigenvalue weighted by molar-refractivity contribution is 0.0497. The van der Waals surface area contributed by atoms with Gasteiger partial charge in [-0.2, -0.15) is 0 Å². The van der Waals surface area contributed by atoms with Gasteiger partial charge in [0.05, 0.1) is 0 Å². The molecule has 0 atom stereocenters. The Balaban J connectivity index is 3.17. The van der Waals surface area contributed by atoms with Gasteiger partial charge < -0.3 is 9.47 Å². The normalized spacial score (nSPS) is 11.6. The van der Waals surface area contributed by atoms with E-state index >= 15 is 0 Å². The molecule has 1 aromatic rings. The molecular formula is C13H19FO2. The van der Waals surface area contributed by atoms with Crippen molar-refractivity contribution in [3.63, 3.8) is 0 Å². The molecule has 0 aliphatic rings. The van der Waals surface area contributed by atoms with Gasteiger partial charge >= 0.3 is 0 Å². The lowest BCUT2D eigenvalue weighted by atomic mass is 9.85. The number of hydrogen-bond acceptors (Lipinski definition) is 2. The van der Waals surface area contributed by atoms with Crippen LogP contribution in [0.2, 0.25) is 0 Å². The summed E-state index contributed by atoms with van der Waals surface area (Å²) in [6, 6.07) is 3.26. The fraction of sp³-hybridized carbons (Fsp3) is 0.538. The highest BCUT2D eigenvalue weighted by Gasteiger charge is 2.20. The minimum absolute atomic E-state index is 0.155. The molecule has 0 saturated heterocycles. The lowest BCUT2D eigenvalue weighted by Gasteiger charge is -2.23. The van der Waals surface area contributed by atoms with Crippen molar-refractivity contribution < 1.29 is 13.9 Å². The van der Waals surface area contributed by atoms with Crippen molar-refractivity contribution in [2.45, 2.75) is 33.1 Å². The quantitative estimate of drug-likeness (QED) is 0.735. The van der Waals surface area contributed by atoms with E-state index in [-0.39, 0.29) is 18.0 Å². The van der Waals surface area contributed by atoms with Crippen LogP contribution < -0.4 is 4.74 Å². The summed E-state index contributed by atoms with van der Waals surface area (Å²) in [7, 11) is 1.56. The maximum atomic E-state index is 13.5. The van der Waals surface area contributed by atoms with Gasteiger partial charge in [0.2, 0.25) is 0 Å². The van der Waals surface area contributed by atoms with Crippen LogP contribution in [-0.2, 0) is 10.2 Å². The topological polar surface area (TPSA) is 18.5 Å². The second-order valence-corrected chi connectivity index (χ2v) is 4.90. The summed E-state index contributed by atoms with van der Waals surface area (Å²) in [5.41, 5.74) is 1.28. The van der Waals surface area contributed by atoms with E-state index < -0.39 is 0 Å². The van der Waals surface area contributed by atoms with Crippen molar-refractivity contribution in [2.24, 2.45) is 0 Å². The zero-order valence-electron chi connectivity index (χ0n) is 10.6. The first-order chi connectivity index (χ1) is 7.36. The summed E-state index contributed by atoms with van der Waals surface area (Å²) >= 11 is 0. The van der Waals surface area contributed by atoms with Crippen LogP contribution in [0.4, 0.5) is 4.39 Å². The van der Waals surface area contributed by atoms with Crippen molar-refractivity contribution in [1.29, 1.82) is 0 Å². The van der Waals surface area contributed by atoms with Crippen LogP contribution >= 0.6 is 0 Å². The van der Waals surface area contributed by atoms with Crippen molar-refractivity contribution in [3.05, 3.63) is 29.1 Å².